The summed E-state index contributed by atoms with van der Waals surface area (Å²) >= 11 is 7.46. The van der Waals surface area contributed by atoms with Crippen molar-refractivity contribution in [3.8, 4) is 0 Å². The van der Waals surface area contributed by atoms with Crippen LogP contribution >= 0.6 is 23.4 Å². The first kappa shape index (κ1) is 22.3. The molecule has 2 N–H and O–H groups in total. The van der Waals surface area contributed by atoms with Crippen LogP contribution in [0.2, 0.25) is 5.02 Å². The maximum Gasteiger partial charge on any atom is 0.251 e. The lowest BCUT2D eigenvalue weighted by atomic mass is 10.2. The summed E-state index contributed by atoms with van der Waals surface area (Å²) in [7, 11) is 1.66. The van der Waals surface area contributed by atoms with E-state index in [1.165, 1.54) is 0 Å². The predicted octanol–water partition coefficient (Wildman–Crippen LogP) is 3.47. The van der Waals surface area contributed by atoms with Gasteiger partial charge in [-0.05, 0) is 24.3 Å². The van der Waals surface area contributed by atoms with Crippen molar-refractivity contribution in [2.75, 3.05) is 32.1 Å². The van der Waals surface area contributed by atoms with Crippen LogP contribution in [0.15, 0.2) is 35.6 Å². The van der Waals surface area contributed by atoms with E-state index in [0.29, 0.717) is 47.2 Å². The Hall–Kier alpha value is -2.36. The molecule has 3 aromatic rings. The number of nitrogens with one attached hydrogen (secondary N) is 2. The summed E-state index contributed by atoms with van der Waals surface area (Å²) < 4.78 is 6.90. The summed E-state index contributed by atoms with van der Waals surface area (Å²) in [4.78, 5) is 21.6. The van der Waals surface area contributed by atoms with E-state index in [0.717, 1.165) is 16.9 Å². The lowest BCUT2D eigenvalue weighted by Crippen LogP contribution is -2.27. The van der Waals surface area contributed by atoms with Gasteiger partial charge in [-0.2, -0.15) is 5.10 Å². The van der Waals surface area contributed by atoms with Crippen molar-refractivity contribution in [2.45, 2.75) is 30.8 Å². The normalized spacial score (nSPS) is 11.2. The Morgan fingerprint density at radius 1 is 1.23 bits per heavy atom. The third-order valence-corrected chi connectivity index (χ3v) is 5.25. The first-order chi connectivity index (χ1) is 14.5. The number of nitrogens with zero attached hydrogens (tertiary/aromatic N) is 4. The second kappa shape index (κ2) is 10.6. The number of thioether (sulfide) groups is 1. The minimum absolute atomic E-state index is 0.157. The molecule has 8 nitrogen and oxygen atoms in total. The molecule has 0 bridgehead atoms. The summed E-state index contributed by atoms with van der Waals surface area (Å²) in [5.41, 5.74) is 1.29. The number of fused-ring (bicyclic) bond motifs is 1. The molecular formula is C20H25ClN6O2S. The Balaban J connectivity index is 1.73. The Morgan fingerprint density at radius 3 is 2.70 bits per heavy atom. The second-order valence-corrected chi connectivity index (χ2v) is 8.79. The first-order valence-corrected chi connectivity index (χ1v) is 10.9. The van der Waals surface area contributed by atoms with Crippen molar-refractivity contribution in [1.82, 2.24) is 25.1 Å². The third-order valence-electron chi connectivity index (χ3n) is 4.13. The van der Waals surface area contributed by atoms with E-state index >= 15 is 0 Å². The third kappa shape index (κ3) is 5.84. The standard InChI is InChI=1S/C20H25ClN6O2S/c1-13(2)30-20-25-17(22-9-11-29-3)16-12-24-27(18(16)26-20)10-8-23-19(28)14-4-6-15(21)7-5-14/h4-7,12-13H,8-11H2,1-3H3,(H,23,28)(H,22,25,26). The van der Waals surface area contributed by atoms with Crippen LogP contribution in [0.5, 0.6) is 0 Å². The van der Waals surface area contributed by atoms with Crippen molar-refractivity contribution in [3.63, 3.8) is 0 Å². The molecule has 0 spiro atoms. The highest BCUT2D eigenvalue weighted by Crippen LogP contribution is 2.26. The van der Waals surface area contributed by atoms with E-state index in [1.807, 2.05) is 0 Å². The van der Waals surface area contributed by atoms with Crippen LogP contribution in [0.4, 0.5) is 5.82 Å². The molecule has 10 heteroatoms. The largest absolute Gasteiger partial charge is 0.383 e. The molecular weight excluding hydrogens is 424 g/mol. The molecule has 0 unspecified atom stereocenters. The minimum atomic E-state index is -0.157. The molecule has 2 aromatic heterocycles. The van der Waals surface area contributed by atoms with Crippen molar-refractivity contribution >= 4 is 46.1 Å². The maximum atomic E-state index is 12.3. The van der Waals surface area contributed by atoms with Gasteiger partial charge in [-0.15, -0.1) is 0 Å². The molecule has 1 amide bonds. The molecule has 1 aromatic carbocycles. The van der Waals surface area contributed by atoms with Gasteiger partial charge in [0.1, 0.15) is 5.82 Å². The average Bonchev–Trinajstić information content (AvgIpc) is 3.11. The van der Waals surface area contributed by atoms with Gasteiger partial charge in [0, 0.05) is 36.0 Å². The van der Waals surface area contributed by atoms with Crippen molar-refractivity contribution in [1.29, 1.82) is 0 Å². The highest BCUT2D eigenvalue weighted by atomic mass is 35.5. The van der Waals surface area contributed by atoms with Gasteiger partial charge in [-0.1, -0.05) is 37.2 Å². The zero-order chi connectivity index (χ0) is 21.5. The minimum Gasteiger partial charge on any atom is -0.383 e. The van der Waals surface area contributed by atoms with E-state index in [2.05, 4.69) is 39.5 Å². The number of amides is 1. The summed E-state index contributed by atoms with van der Waals surface area (Å²) in [6.07, 6.45) is 1.75. The molecule has 0 aliphatic carbocycles. The van der Waals surface area contributed by atoms with Crippen molar-refractivity contribution < 1.29 is 9.53 Å². The summed E-state index contributed by atoms with van der Waals surface area (Å²) in [6, 6.07) is 6.78. The first-order valence-electron chi connectivity index (χ1n) is 9.64. The molecule has 0 radical (unpaired) electrons. The molecule has 160 valence electrons. The Kier molecular flexibility index (Phi) is 7.89. The van der Waals surface area contributed by atoms with Crippen LogP contribution < -0.4 is 10.6 Å². The number of halogens is 1. The topological polar surface area (TPSA) is 94.0 Å². The molecule has 0 saturated carbocycles. The second-order valence-electron chi connectivity index (χ2n) is 6.81. The Morgan fingerprint density at radius 2 is 2.00 bits per heavy atom. The van der Waals surface area contributed by atoms with Crippen LogP contribution in [-0.4, -0.2) is 57.7 Å². The number of ether oxygens (including phenoxy) is 1. The zero-order valence-electron chi connectivity index (χ0n) is 17.2. The van der Waals surface area contributed by atoms with Gasteiger partial charge in [0.05, 0.1) is 24.7 Å². The highest BCUT2D eigenvalue weighted by Gasteiger charge is 2.14. The number of benzene rings is 1. The average molecular weight is 449 g/mol. The number of rotatable bonds is 10. The number of hydrogen-bond donors (Lipinski definition) is 2. The van der Waals surface area contributed by atoms with Gasteiger partial charge in [-0.25, -0.2) is 14.6 Å². The zero-order valence-corrected chi connectivity index (χ0v) is 18.8. The van der Waals surface area contributed by atoms with Crippen LogP contribution in [0.3, 0.4) is 0 Å². The van der Waals surface area contributed by atoms with E-state index in [9.17, 15) is 4.79 Å². The lowest BCUT2D eigenvalue weighted by molar-refractivity contribution is 0.0952. The molecule has 0 atom stereocenters. The smallest absolute Gasteiger partial charge is 0.251 e. The number of anilines is 1. The number of aromatic nitrogens is 4. The molecule has 2 heterocycles. The molecule has 0 saturated heterocycles. The van der Waals surface area contributed by atoms with Gasteiger partial charge < -0.3 is 15.4 Å². The number of methoxy groups -OCH3 is 1. The van der Waals surface area contributed by atoms with Crippen LogP contribution in [-0.2, 0) is 11.3 Å². The number of hydrogen-bond acceptors (Lipinski definition) is 7. The molecule has 0 aliphatic heterocycles. The van der Waals surface area contributed by atoms with Gasteiger partial charge in [0.2, 0.25) is 0 Å². The van der Waals surface area contributed by atoms with Gasteiger partial charge in [0.25, 0.3) is 5.91 Å². The SMILES string of the molecule is COCCNc1nc(SC(C)C)nc2c1cnn2CCNC(=O)c1ccc(Cl)cc1. The lowest BCUT2D eigenvalue weighted by Gasteiger charge is -2.11. The van der Waals surface area contributed by atoms with E-state index in [-0.39, 0.29) is 5.91 Å². The van der Waals surface area contributed by atoms with E-state index < -0.39 is 0 Å². The van der Waals surface area contributed by atoms with Gasteiger partial charge in [-0.3, -0.25) is 4.79 Å². The molecule has 3 rings (SSSR count). The molecule has 0 fully saturated rings. The predicted molar refractivity (Wildman–Crippen MR) is 120 cm³/mol. The number of carbonyl (C=O) groups excluding carboxylic acids is 1. The number of carbonyl (C=O) groups is 1. The van der Waals surface area contributed by atoms with E-state index in [4.69, 9.17) is 16.3 Å². The van der Waals surface area contributed by atoms with Crippen LogP contribution in [0.1, 0.15) is 24.2 Å². The van der Waals surface area contributed by atoms with Gasteiger partial charge >= 0.3 is 0 Å². The van der Waals surface area contributed by atoms with Crippen LogP contribution in [0.25, 0.3) is 11.0 Å². The van der Waals surface area contributed by atoms with Crippen molar-refractivity contribution in [3.05, 3.63) is 41.0 Å². The molecule has 30 heavy (non-hydrogen) atoms. The fraction of sp³-hybridized carbons (Fsp3) is 0.400. The fourth-order valence-electron chi connectivity index (χ4n) is 2.75. The Labute approximate surface area is 184 Å². The maximum absolute atomic E-state index is 12.3. The molecule has 0 aliphatic rings. The summed E-state index contributed by atoms with van der Waals surface area (Å²) in [6.45, 7) is 6.31. The van der Waals surface area contributed by atoms with Crippen LogP contribution in [0, 0.1) is 0 Å². The highest BCUT2D eigenvalue weighted by molar-refractivity contribution is 7.99. The van der Waals surface area contributed by atoms with Gasteiger partial charge in [0.15, 0.2) is 10.8 Å². The van der Waals surface area contributed by atoms with Crippen molar-refractivity contribution in [2.24, 2.45) is 0 Å². The Bertz CT molecular complexity index is 993. The summed E-state index contributed by atoms with van der Waals surface area (Å²) in [5.74, 6) is 0.576. The van der Waals surface area contributed by atoms with E-state index in [1.54, 1.807) is 54.0 Å². The quantitative estimate of drug-likeness (QED) is 0.278. The summed E-state index contributed by atoms with van der Waals surface area (Å²) in [5, 5.41) is 13.1. The fourth-order valence-corrected chi connectivity index (χ4v) is 3.58. The monoisotopic (exact) mass is 448 g/mol.